The van der Waals surface area contributed by atoms with Crippen LogP contribution in [0.15, 0.2) is 11.6 Å². The van der Waals surface area contributed by atoms with Crippen molar-refractivity contribution in [3.05, 3.63) is 11.6 Å². The Balaban J connectivity index is 2.00. The van der Waals surface area contributed by atoms with Crippen molar-refractivity contribution in [3.63, 3.8) is 0 Å². The average Bonchev–Trinajstić information content (AvgIpc) is 2.80. The SMILES string of the molecule is C[C@H]1CC[C@@H]2[C@H](OC(=O)[C@@H]2C)[C@H]2C(CO)=CC(=O)[C@H]21. The number of hydrogen-bond donors (Lipinski definition) is 1. The predicted octanol–water partition coefficient (Wildman–Crippen LogP) is 1.33. The molecule has 1 saturated heterocycles. The van der Waals surface area contributed by atoms with Gasteiger partial charge in [0.25, 0.3) is 0 Å². The van der Waals surface area contributed by atoms with Crippen molar-refractivity contribution in [2.75, 3.05) is 6.61 Å². The molecule has 0 aromatic carbocycles. The van der Waals surface area contributed by atoms with Crippen LogP contribution in [0.1, 0.15) is 26.7 Å². The van der Waals surface area contributed by atoms with Gasteiger partial charge in [0.15, 0.2) is 5.78 Å². The molecule has 0 spiro atoms. The lowest BCUT2D eigenvalue weighted by Crippen LogP contribution is -2.34. The van der Waals surface area contributed by atoms with E-state index < -0.39 is 0 Å². The van der Waals surface area contributed by atoms with Gasteiger partial charge in [-0.25, -0.2) is 0 Å². The second-order valence-corrected chi connectivity index (χ2v) is 6.24. The normalized spacial score (nSPS) is 45.3. The molecule has 19 heavy (non-hydrogen) atoms. The van der Waals surface area contributed by atoms with E-state index in [-0.39, 0.29) is 54.1 Å². The number of ether oxygens (including phenoxy) is 1. The summed E-state index contributed by atoms with van der Waals surface area (Å²) in [5.74, 6) is 0.105. The van der Waals surface area contributed by atoms with Crippen LogP contribution in [0, 0.1) is 29.6 Å². The topological polar surface area (TPSA) is 63.6 Å². The maximum atomic E-state index is 12.2. The summed E-state index contributed by atoms with van der Waals surface area (Å²) < 4.78 is 5.56. The number of aliphatic hydroxyl groups excluding tert-OH is 1. The third-order valence-electron chi connectivity index (χ3n) is 5.26. The number of carbonyl (C=O) groups excluding carboxylic acids is 2. The molecule has 0 bridgehead atoms. The van der Waals surface area contributed by atoms with Crippen molar-refractivity contribution in [2.45, 2.75) is 32.8 Å². The molecular weight excluding hydrogens is 244 g/mol. The first-order valence-corrected chi connectivity index (χ1v) is 7.10. The Morgan fingerprint density at radius 1 is 1.26 bits per heavy atom. The fraction of sp³-hybridized carbons (Fsp3) is 0.733. The lowest BCUT2D eigenvalue weighted by molar-refractivity contribution is -0.146. The number of ketones is 1. The Morgan fingerprint density at radius 3 is 2.68 bits per heavy atom. The number of fused-ring (bicyclic) bond motifs is 3. The minimum Gasteiger partial charge on any atom is -0.461 e. The van der Waals surface area contributed by atoms with E-state index in [4.69, 9.17) is 4.74 Å². The zero-order chi connectivity index (χ0) is 13.7. The van der Waals surface area contributed by atoms with Gasteiger partial charge in [0.1, 0.15) is 6.10 Å². The molecule has 1 N–H and O–H groups in total. The largest absolute Gasteiger partial charge is 0.461 e. The molecule has 1 heterocycles. The Kier molecular flexibility index (Phi) is 3.01. The van der Waals surface area contributed by atoms with E-state index in [1.807, 2.05) is 6.92 Å². The highest BCUT2D eigenvalue weighted by molar-refractivity contribution is 5.96. The second kappa shape index (κ2) is 4.44. The number of hydrogen-bond acceptors (Lipinski definition) is 4. The van der Waals surface area contributed by atoms with Gasteiger partial charge >= 0.3 is 5.97 Å². The lowest BCUT2D eigenvalue weighted by Gasteiger charge is -2.28. The molecule has 1 aliphatic heterocycles. The summed E-state index contributed by atoms with van der Waals surface area (Å²) in [7, 11) is 0. The molecule has 3 rings (SSSR count). The van der Waals surface area contributed by atoms with Crippen LogP contribution < -0.4 is 0 Å². The van der Waals surface area contributed by atoms with E-state index in [1.54, 1.807) is 6.08 Å². The first kappa shape index (κ1) is 12.9. The summed E-state index contributed by atoms with van der Waals surface area (Å²) >= 11 is 0. The third-order valence-corrected chi connectivity index (χ3v) is 5.26. The van der Waals surface area contributed by atoms with Gasteiger partial charge in [-0.15, -0.1) is 0 Å². The van der Waals surface area contributed by atoms with Crippen LogP contribution in [-0.2, 0) is 14.3 Å². The molecule has 4 nitrogen and oxygen atoms in total. The van der Waals surface area contributed by atoms with Crippen LogP contribution in [0.3, 0.4) is 0 Å². The quantitative estimate of drug-likeness (QED) is 0.726. The number of rotatable bonds is 1. The molecule has 1 saturated carbocycles. The molecule has 104 valence electrons. The Bertz CT molecular complexity index is 453. The monoisotopic (exact) mass is 264 g/mol. The zero-order valence-corrected chi connectivity index (χ0v) is 11.3. The Labute approximate surface area is 112 Å². The smallest absolute Gasteiger partial charge is 0.309 e. The fourth-order valence-electron chi connectivity index (χ4n) is 4.16. The number of esters is 1. The van der Waals surface area contributed by atoms with E-state index in [9.17, 15) is 14.7 Å². The van der Waals surface area contributed by atoms with Crippen molar-refractivity contribution < 1.29 is 19.4 Å². The maximum Gasteiger partial charge on any atom is 0.309 e. The minimum atomic E-state index is -0.220. The maximum absolute atomic E-state index is 12.2. The zero-order valence-electron chi connectivity index (χ0n) is 11.3. The van der Waals surface area contributed by atoms with Crippen molar-refractivity contribution in [1.29, 1.82) is 0 Å². The highest BCUT2D eigenvalue weighted by Gasteiger charge is 2.54. The van der Waals surface area contributed by atoms with E-state index in [2.05, 4.69) is 6.92 Å². The molecule has 0 radical (unpaired) electrons. The van der Waals surface area contributed by atoms with Gasteiger partial charge in [-0.05, 0) is 30.4 Å². The third kappa shape index (κ3) is 1.76. The molecule has 0 unspecified atom stereocenters. The van der Waals surface area contributed by atoms with Gasteiger partial charge in [0.2, 0.25) is 0 Å². The summed E-state index contributed by atoms with van der Waals surface area (Å²) in [6.45, 7) is 3.89. The van der Waals surface area contributed by atoms with Gasteiger partial charge in [-0.3, -0.25) is 9.59 Å². The fourth-order valence-corrected chi connectivity index (χ4v) is 4.16. The molecule has 2 aliphatic carbocycles. The summed E-state index contributed by atoms with van der Waals surface area (Å²) in [4.78, 5) is 24.0. The van der Waals surface area contributed by atoms with E-state index in [0.717, 1.165) is 18.4 Å². The van der Waals surface area contributed by atoms with Crippen LogP contribution in [0.5, 0.6) is 0 Å². The van der Waals surface area contributed by atoms with Crippen LogP contribution in [0.4, 0.5) is 0 Å². The summed E-state index contributed by atoms with van der Waals surface area (Å²) in [6.07, 6.45) is 3.23. The minimum absolute atomic E-state index is 0.0911. The van der Waals surface area contributed by atoms with Gasteiger partial charge in [-0.2, -0.15) is 0 Å². The second-order valence-electron chi connectivity index (χ2n) is 6.24. The molecule has 2 fully saturated rings. The van der Waals surface area contributed by atoms with Gasteiger partial charge < -0.3 is 9.84 Å². The van der Waals surface area contributed by atoms with Crippen molar-refractivity contribution in [2.24, 2.45) is 29.6 Å². The molecule has 0 aromatic heterocycles. The van der Waals surface area contributed by atoms with E-state index in [1.165, 1.54) is 0 Å². The van der Waals surface area contributed by atoms with Crippen molar-refractivity contribution >= 4 is 11.8 Å². The summed E-state index contributed by atoms with van der Waals surface area (Å²) in [5.41, 5.74) is 0.751. The molecular formula is C15H20O4. The highest BCUT2D eigenvalue weighted by Crippen LogP contribution is 2.49. The molecule has 4 heteroatoms. The lowest BCUT2D eigenvalue weighted by atomic mass is 9.77. The van der Waals surface area contributed by atoms with Gasteiger partial charge in [-0.1, -0.05) is 13.8 Å². The average molecular weight is 264 g/mol. The van der Waals surface area contributed by atoms with Gasteiger partial charge in [0.05, 0.1) is 12.5 Å². The van der Waals surface area contributed by atoms with Crippen LogP contribution in [-0.4, -0.2) is 29.6 Å². The number of allylic oxidation sites excluding steroid dienone is 1. The first-order chi connectivity index (χ1) is 9.04. The van der Waals surface area contributed by atoms with Crippen molar-refractivity contribution in [3.8, 4) is 0 Å². The van der Waals surface area contributed by atoms with Gasteiger partial charge in [0, 0.05) is 17.8 Å². The van der Waals surface area contributed by atoms with E-state index >= 15 is 0 Å². The molecule has 6 atom stereocenters. The first-order valence-electron chi connectivity index (χ1n) is 7.10. The Morgan fingerprint density at radius 2 is 2.00 bits per heavy atom. The predicted molar refractivity (Wildman–Crippen MR) is 68.1 cm³/mol. The highest BCUT2D eigenvalue weighted by atomic mass is 16.6. The number of carbonyl (C=O) groups is 2. The van der Waals surface area contributed by atoms with Crippen LogP contribution in [0.25, 0.3) is 0 Å². The van der Waals surface area contributed by atoms with E-state index in [0.29, 0.717) is 0 Å². The number of aliphatic hydroxyl groups is 1. The standard InChI is InChI=1S/C15H20O4/c1-7-3-4-10-8(2)15(18)19-14(10)13-9(6-16)5-11(17)12(7)13/h5,7-8,10,12-14,16H,3-4,6H2,1-2H3/t7-,8+,10-,12+,13-,14-/m0/s1. The molecule has 0 aromatic rings. The molecule has 3 aliphatic rings. The van der Waals surface area contributed by atoms with Crippen molar-refractivity contribution in [1.82, 2.24) is 0 Å². The van der Waals surface area contributed by atoms with Crippen LogP contribution in [0.2, 0.25) is 0 Å². The molecule has 0 amide bonds. The summed E-state index contributed by atoms with van der Waals surface area (Å²) in [6, 6.07) is 0. The Hall–Kier alpha value is -1.16. The van der Waals surface area contributed by atoms with Crippen LogP contribution >= 0.6 is 0 Å². The summed E-state index contributed by atoms with van der Waals surface area (Å²) in [5, 5.41) is 9.49.